The molecular formula is C116H60O16. The number of ether oxygens (including phenoxy) is 8. The Labute approximate surface area is 746 Å². The summed E-state index contributed by atoms with van der Waals surface area (Å²) in [5, 5.41) is 0. The van der Waals surface area contributed by atoms with Gasteiger partial charge in [-0.3, -0.25) is 38.4 Å². The highest BCUT2D eigenvalue weighted by atomic mass is 16.6. The number of carbonyl (C=O) groups excluding carboxylic acids is 8. The van der Waals surface area contributed by atoms with Crippen molar-refractivity contribution in [3.05, 3.63) is 275 Å². The molecule has 0 heterocycles. The first-order chi connectivity index (χ1) is 64.7. The summed E-state index contributed by atoms with van der Waals surface area (Å²) in [4.78, 5) is 151. The Morgan fingerprint density at radius 2 is 0.273 bits per heavy atom. The minimum Gasteiger partial charge on any atom is -0.465 e. The number of rotatable bonds is 16. The summed E-state index contributed by atoms with van der Waals surface area (Å²) in [5.41, 5.74) is 24.2. The van der Waals surface area contributed by atoms with Crippen LogP contribution in [-0.2, 0) is 141 Å². The average molecular weight is 1710 g/mol. The van der Waals surface area contributed by atoms with E-state index < -0.39 is 158 Å². The van der Waals surface area contributed by atoms with Crippen LogP contribution in [0.4, 0.5) is 0 Å². The van der Waals surface area contributed by atoms with Crippen molar-refractivity contribution in [1.29, 1.82) is 0 Å². The van der Waals surface area contributed by atoms with Crippen molar-refractivity contribution in [2.24, 2.45) is 21.7 Å². The Hall–Kier alpha value is -13.6. The molecule has 0 unspecified atom stereocenters. The van der Waals surface area contributed by atoms with Gasteiger partial charge in [0.15, 0.2) is 21.7 Å². The molecule has 0 saturated heterocycles. The Balaban J connectivity index is 0.878. The minimum absolute atomic E-state index is 0.0891. The number of hydrogen-bond donors (Lipinski definition) is 0. The Morgan fingerprint density at radius 3 is 0.371 bits per heavy atom. The Kier molecular flexibility index (Phi) is 7.54. The Bertz CT molecular complexity index is 7700. The molecule has 620 valence electrons. The molecular weight excluding hydrogens is 1650 g/mol. The second-order valence-electron chi connectivity index (χ2n) is 44.2. The van der Waals surface area contributed by atoms with Gasteiger partial charge in [0.2, 0.25) is 0 Å². The van der Waals surface area contributed by atoms with E-state index >= 15 is 38.4 Å². The number of carbonyl (C=O) groups is 8. The van der Waals surface area contributed by atoms with Gasteiger partial charge in [-0.25, -0.2) is 0 Å². The van der Waals surface area contributed by atoms with Crippen LogP contribution in [0.1, 0.15) is 257 Å². The molecule has 12 spiro atoms. The van der Waals surface area contributed by atoms with Gasteiger partial charge in [-0.2, -0.15) is 0 Å². The van der Waals surface area contributed by atoms with E-state index in [-0.39, 0.29) is 52.9 Å². The highest BCUT2D eigenvalue weighted by molar-refractivity contribution is 6.44. The summed E-state index contributed by atoms with van der Waals surface area (Å²) < 4.78 is 57.9. The van der Waals surface area contributed by atoms with E-state index in [2.05, 4.69) is 97.1 Å². The first-order valence-electron chi connectivity index (χ1n) is 48.5. The summed E-state index contributed by atoms with van der Waals surface area (Å²) in [5.74, 6) is -7.82. The topological polar surface area (TPSA) is 210 Å². The molecule has 16 nitrogen and oxygen atoms in total. The molecule has 4 saturated carbocycles. The van der Waals surface area contributed by atoms with Gasteiger partial charge >= 0.3 is 47.8 Å². The second-order valence-corrected chi connectivity index (χ2v) is 44.2. The molecule has 16 heteroatoms. The standard InChI is InChI=1S/C116H60O16/c1-9-125-93(117)113(94(118)126-10-2)105-77-41-43-71-51-55-75-47-45-73-53-49(69(41)101(71)65-33-25-17-21-29-37(33)67(103(73,75)101)38-30-22-18-26-34(38)65)85-57(77)58-78(105)42-44-72-52-56-76-48-46-74-54-50(70(42)102(72)66-35-27-19-23-31-39(35)68(104(74,76)102)40-32-24-20-28-36(40)66)86(58)110-90(54)62-61(89(53)109(85,110)115(110,97(121)129-13-5)98(122)130-14-6)81(45)107(82(46)62)108(114(107,95(119)127-11-3)96(120)128-12-4)83(47)63-64(84(48)108)92(56)112-88(52)60-59(79(43)106(105,113)80(44)60)87(51)111(112,91(55)63)116(112,99(123)131-15-7)100(124)132-16-8/h17-32,65-68H,9-16H2,1-8H3. The predicted molar refractivity (Wildman–Crippen MR) is 465 cm³/mol. The van der Waals surface area contributed by atoms with Gasteiger partial charge in [0.25, 0.3) is 0 Å². The normalized spacial score (nSPS) is 34.8. The number of hydrogen-bond acceptors (Lipinski definition) is 16. The fourth-order valence-electron chi connectivity index (χ4n) is 45.9. The summed E-state index contributed by atoms with van der Waals surface area (Å²) in [7, 11) is 0. The molecule has 0 N–H and O–H groups in total. The molecule has 0 aliphatic heterocycles. The third-order valence-corrected chi connectivity index (χ3v) is 44.8. The van der Waals surface area contributed by atoms with Crippen LogP contribution in [0, 0.1) is 21.7 Å². The van der Waals surface area contributed by atoms with Crippen LogP contribution in [-0.4, -0.2) is 101 Å². The third-order valence-electron chi connectivity index (χ3n) is 44.8. The van der Waals surface area contributed by atoms with Crippen molar-refractivity contribution < 1.29 is 76.3 Å². The SMILES string of the molecule is CCOC(=O)C1(C(=O)OCC)C23c4c5c6c7c8c4-c4c9c%10c%11c(c42)-c2c4c%12c%13c%14c2C13c1c-5c2c3c(c1-%14)C15c%14c-3c3c%15c%16c%14-c%14c(c-%12c%12c%17c%14C%16%14C(C(=O)OCC)(C(=O)OCC)C%14%16c%14c-%15c(c-7c7c%14-c%14c(c-%10c(c-%17c%14%16)C%12%10C%12c%14ccccc%14C(c%14ccccc%14%12)C%114%10)C94C(C(=O)OCC)(C(=O)OCC)C874)C34C3c7ccccc7C(c7ccccc73)C624)C%131C5(C(=O)OCC)C(=O)OCC. The molecule has 46 rings (SSSR count). The Morgan fingerprint density at radius 1 is 0.174 bits per heavy atom. The lowest BCUT2D eigenvalue weighted by Gasteiger charge is -2.68. The lowest BCUT2D eigenvalue weighted by Crippen LogP contribution is -2.64. The molecule has 0 radical (unpaired) electrons. The molecule has 0 amide bonds. The van der Waals surface area contributed by atoms with Crippen molar-refractivity contribution in [2.75, 3.05) is 52.9 Å². The molecule has 12 aromatic carbocycles. The second kappa shape index (κ2) is 15.7. The zero-order valence-corrected chi connectivity index (χ0v) is 71.7. The smallest absolute Gasteiger partial charge is 0.326 e. The van der Waals surface area contributed by atoms with E-state index in [1.54, 1.807) is 0 Å². The summed E-state index contributed by atoms with van der Waals surface area (Å²) in [6.07, 6.45) is 0. The molecule has 4 fully saturated rings. The van der Waals surface area contributed by atoms with Crippen LogP contribution in [0.5, 0.6) is 0 Å². The fourth-order valence-corrected chi connectivity index (χ4v) is 45.9. The van der Waals surface area contributed by atoms with Crippen molar-refractivity contribution in [3.63, 3.8) is 0 Å². The summed E-state index contributed by atoms with van der Waals surface area (Å²) in [6.45, 7) is 14.1. The van der Waals surface area contributed by atoms with Crippen LogP contribution in [0.15, 0.2) is 97.1 Å². The number of benzene rings is 12. The van der Waals surface area contributed by atoms with Gasteiger partial charge in [0.1, 0.15) is 0 Å². The maximum absolute atomic E-state index is 18.9. The highest BCUT2D eigenvalue weighted by Crippen LogP contribution is 3.14. The van der Waals surface area contributed by atoms with Crippen molar-refractivity contribution >= 4 is 47.8 Å². The third kappa shape index (κ3) is 3.55. The van der Waals surface area contributed by atoms with E-state index in [1.807, 2.05) is 55.4 Å². The molecule has 132 heavy (non-hydrogen) atoms. The highest BCUT2D eigenvalue weighted by Gasteiger charge is 3.15. The van der Waals surface area contributed by atoms with E-state index in [4.69, 9.17) is 37.9 Å². The van der Waals surface area contributed by atoms with Gasteiger partial charge < -0.3 is 37.9 Å². The van der Waals surface area contributed by atoms with E-state index in [9.17, 15) is 0 Å². The van der Waals surface area contributed by atoms with Crippen LogP contribution in [0.3, 0.4) is 0 Å². The van der Waals surface area contributed by atoms with Crippen LogP contribution in [0.2, 0.25) is 0 Å². The maximum Gasteiger partial charge on any atom is 0.326 e. The van der Waals surface area contributed by atoms with Crippen molar-refractivity contribution in [3.8, 4) is 134 Å². The van der Waals surface area contributed by atoms with E-state index in [0.29, 0.717) is 0 Å². The van der Waals surface area contributed by atoms with Gasteiger partial charge in [-0.1, -0.05) is 97.1 Å². The molecule has 12 aromatic rings. The van der Waals surface area contributed by atoms with Crippen molar-refractivity contribution in [2.45, 2.75) is 144 Å². The van der Waals surface area contributed by atoms with E-state index in [1.165, 1.54) is 0 Å². The van der Waals surface area contributed by atoms with Gasteiger partial charge in [-0.05, 0) is 367 Å². The zero-order valence-electron chi connectivity index (χ0n) is 71.7. The molecule has 4 bridgehead atoms. The lowest BCUT2D eigenvalue weighted by atomic mass is 9.32. The van der Waals surface area contributed by atoms with Crippen LogP contribution < -0.4 is 0 Å². The number of esters is 8. The first-order valence-corrected chi connectivity index (χ1v) is 48.5. The fraction of sp³-hybridized carbons (Fsp3) is 0.310. The molecule has 0 aromatic heterocycles. The van der Waals surface area contributed by atoms with Crippen LogP contribution in [0.25, 0.3) is 134 Å². The predicted octanol–water partition coefficient (Wildman–Crippen LogP) is 15.6. The monoisotopic (exact) mass is 1710 g/mol. The largest absolute Gasteiger partial charge is 0.465 e. The van der Waals surface area contributed by atoms with Gasteiger partial charge in [0, 0.05) is 45.3 Å². The molecule has 34 aliphatic carbocycles. The minimum atomic E-state index is -2.32. The van der Waals surface area contributed by atoms with E-state index in [0.717, 1.165) is 312 Å². The summed E-state index contributed by atoms with van der Waals surface area (Å²) in [6, 6.07) is 36.7. The quantitative estimate of drug-likeness (QED) is 0.0500. The van der Waals surface area contributed by atoms with Crippen LogP contribution >= 0.6 is 0 Å². The summed E-state index contributed by atoms with van der Waals surface area (Å²) >= 11 is 0. The first kappa shape index (κ1) is 63.4. The molecule has 34 aliphatic rings. The van der Waals surface area contributed by atoms with Crippen molar-refractivity contribution in [1.82, 2.24) is 0 Å². The maximum atomic E-state index is 18.9. The molecule has 0 atom stereocenters. The average Bonchev–Trinajstić information content (AvgIpc) is 1.31. The zero-order chi connectivity index (χ0) is 85.9. The van der Waals surface area contributed by atoms with Gasteiger partial charge in [-0.15, -0.1) is 0 Å². The lowest BCUT2D eigenvalue weighted by molar-refractivity contribution is -0.167. The van der Waals surface area contributed by atoms with Gasteiger partial charge in [0.05, 0.1) is 96.2 Å².